The van der Waals surface area contributed by atoms with Gasteiger partial charge in [-0.25, -0.2) is 0 Å². The van der Waals surface area contributed by atoms with Gasteiger partial charge in [0.25, 0.3) is 5.91 Å². The van der Waals surface area contributed by atoms with Gasteiger partial charge in [-0.2, -0.15) is 0 Å². The summed E-state index contributed by atoms with van der Waals surface area (Å²) in [6.07, 6.45) is 14.5. The fourth-order valence-electron chi connectivity index (χ4n) is 1.63. The molecular weight excluding hydrogens is 256 g/mol. The fourth-order valence-corrected chi connectivity index (χ4v) is 1.63. The number of aliphatic carboxylic acids is 1. The van der Waals surface area contributed by atoms with Crippen LogP contribution in [0.15, 0.2) is 48.1 Å². The molecule has 0 bridgehead atoms. The molecule has 0 heterocycles. The minimum Gasteiger partial charge on any atom is -0.480 e. The van der Waals surface area contributed by atoms with Crippen LogP contribution in [0.4, 0.5) is 0 Å². The summed E-state index contributed by atoms with van der Waals surface area (Å²) in [5, 5.41) is 11.4. The zero-order chi connectivity index (χ0) is 14.8. The second-order valence-electron chi connectivity index (χ2n) is 4.45. The first kappa shape index (κ1) is 15.9. The van der Waals surface area contributed by atoms with E-state index < -0.39 is 12.0 Å². The largest absolute Gasteiger partial charge is 0.480 e. The molecule has 1 amide bonds. The van der Waals surface area contributed by atoms with E-state index in [1.807, 2.05) is 18.2 Å². The molecule has 1 rings (SSSR count). The predicted octanol–water partition coefficient (Wildman–Crippen LogP) is 1.29. The number of carbonyl (C=O) groups is 2. The van der Waals surface area contributed by atoms with Gasteiger partial charge in [0.2, 0.25) is 0 Å². The minimum atomic E-state index is -0.987. The Hall–Kier alpha value is -2.14. The van der Waals surface area contributed by atoms with E-state index in [2.05, 4.69) is 5.32 Å². The summed E-state index contributed by atoms with van der Waals surface area (Å²) in [6, 6.07) is -0.820. The van der Waals surface area contributed by atoms with Gasteiger partial charge in [-0.05, 0) is 31.4 Å². The quantitative estimate of drug-likeness (QED) is 0.611. The Morgan fingerprint density at radius 1 is 1.15 bits per heavy atom. The maximum atomic E-state index is 11.9. The smallest absolute Gasteiger partial charge is 0.320 e. The summed E-state index contributed by atoms with van der Waals surface area (Å²) in [7, 11) is 0. The normalized spacial score (nSPS) is 18.4. The monoisotopic (exact) mass is 276 g/mol. The van der Waals surface area contributed by atoms with Gasteiger partial charge >= 0.3 is 5.97 Å². The van der Waals surface area contributed by atoms with Crippen LogP contribution in [0.25, 0.3) is 0 Å². The first-order valence-corrected chi connectivity index (χ1v) is 6.59. The highest BCUT2D eigenvalue weighted by Crippen LogP contribution is 2.03. The lowest BCUT2D eigenvalue weighted by Crippen LogP contribution is -2.30. The molecule has 0 fully saturated rings. The van der Waals surface area contributed by atoms with Crippen molar-refractivity contribution < 1.29 is 14.7 Å². The average Bonchev–Trinajstić information content (AvgIpc) is 2.37. The maximum absolute atomic E-state index is 11.9. The molecule has 0 saturated heterocycles. The first-order chi connectivity index (χ1) is 9.61. The van der Waals surface area contributed by atoms with Crippen LogP contribution in [0.1, 0.15) is 19.3 Å². The number of amides is 1. The number of carboxylic acid groups (broad SMARTS) is 1. The summed E-state index contributed by atoms with van der Waals surface area (Å²) < 4.78 is 0. The highest BCUT2D eigenvalue weighted by molar-refractivity contribution is 5.96. The van der Waals surface area contributed by atoms with Crippen LogP contribution < -0.4 is 11.1 Å². The third kappa shape index (κ3) is 6.15. The summed E-state index contributed by atoms with van der Waals surface area (Å²) >= 11 is 0. The van der Waals surface area contributed by atoms with Gasteiger partial charge in [-0.1, -0.05) is 30.4 Å². The number of allylic oxidation sites excluding steroid dienone is 6. The van der Waals surface area contributed by atoms with Crippen LogP contribution in [-0.2, 0) is 9.59 Å². The topological polar surface area (TPSA) is 92.4 Å². The van der Waals surface area contributed by atoms with E-state index in [1.54, 1.807) is 24.3 Å². The van der Waals surface area contributed by atoms with E-state index >= 15 is 0 Å². The van der Waals surface area contributed by atoms with Gasteiger partial charge in [0.05, 0.1) is 0 Å². The second-order valence-corrected chi connectivity index (χ2v) is 4.45. The van der Waals surface area contributed by atoms with Crippen molar-refractivity contribution in [3.8, 4) is 0 Å². The number of nitrogens with two attached hydrogens (primary N) is 1. The van der Waals surface area contributed by atoms with Crippen molar-refractivity contribution in [2.24, 2.45) is 5.73 Å². The Kier molecular flexibility index (Phi) is 7.06. The van der Waals surface area contributed by atoms with Gasteiger partial charge in [-0.15, -0.1) is 0 Å². The van der Waals surface area contributed by atoms with E-state index in [9.17, 15) is 9.59 Å². The number of rotatable bonds is 7. The molecule has 0 aromatic rings. The lowest BCUT2D eigenvalue weighted by molar-refractivity contribution is -0.138. The predicted molar refractivity (Wildman–Crippen MR) is 78.0 cm³/mol. The Balaban J connectivity index is 2.25. The summed E-state index contributed by atoms with van der Waals surface area (Å²) in [4.78, 5) is 22.4. The van der Waals surface area contributed by atoms with E-state index in [-0.39, 0.29) is 5.91 Å². The summed E-state index contributed by atoms with van der Waals surface area (Å²) in [5.41, 5.74) is 5.98. The van der Waals surface area contributed by atoms with Crippen molar-refractivity contribution in [3.05, 3.63) is 48.1 Å². The van der Waals surface area contributed by atoms with Crippen LogP contribution in [0, 0.1) is 0 Å². The molecule has 0 unspecified atom stereocenters. The number of unbranched alkanes of at least 4 members (excludes halogenated alkanes) is 1. The molecule has 1 atom stereocenters. The Morgan fingerprint density at radius 2 is 1.85 bits per heavy atom. The minimum absolute atomic E-state index is 0.135. The SMILES string of the molecule is N[C@@H](CCCCNC(=O)C1=C/C=C\C=C/C=C1)C(=O)O. The Bertz CT molecular complexity index is 462. The third-order valence-electron chi connectivity index (χ3n) is 2.80. The van der Waals surface area contributed by atoms with Crippen LogP contribution >= 0.6 is 0 Å². The van der Waals surface area contributed by atoms with Crippen LogP contribution in [0.2, 0.25) is 0 Å². The Labute approximate surface area is 118 Å². The molecule has 0 aromatic carbocycles. The summed E-state index contributed by atoms with van der Waals surface area (Å²) in [6.45, 7) is 0.510. The van der Waals surface area contributed by atoms with Crippen molar-refractivity contribution in [2.75, 3.05) is 6.54 Å². The van der Waals surface area contributed by atoms with E-state index in [4.69, 9.17) is 10.8 Å². The zero-order valence-corrected chi connectivity index (χ0v) is 11.3. The lowest BCUT2D eigenvalue weighted by atomic mass is 10.1. The molecule has 4 N–H and O–H groups in total. The molecule has 20 heavy (non-hydrogen) atoms. The maximum Gasteiger partial charge on any atom is 0.320 e. The van der Waals surface area contributed by atoms with Crippen molar-refractivity contribution in [2.45, 2.75) is 25.3 Å². The van der Waals surface area contributed by atoms with Gasteiger partial charge in [0.15, 0.2) is 0 Å². The molecule has 0 saturated carbocycles. The van der Waals surface area contributed by atoms with Crippen molar-refractivity contribution in [1.29, 1.82) is 0 Å². The molecule has 5 heteroatoms. The van der Waals surface area contributed by atoms with Gasteiger partial charge in [0.1, 0.15) is 6.04 Å². The molecule has 0 aliphatic heterocycles. The van der Waals surface area contributed by atoms with Gasteiger partial charge < -0.3 is 16.2 Å². The lowest BCUT2D eigenvalue weighted by Gasteiger charge is -2.07. The molecular formula is C15H20N2O3. The van der Waals surface area contributed by atoms with Gasteiger partial charge in [0, 0.05) is 12.1 Å². The number of carbonyl (C=O) groups excluding carboxylic acids is 1. The molecule has 0 spiro atoms. The number of nitrogens with one attached hydrogen (secondary N) is 1. The number of carboxylic acids is 1. The molecule has 5 nitrogen and oxygen atoms in total. The van der Waals surface area contributed by atoms with Crippen LogP contribution in [-0.4, -0.2) is 29.6 Å². The van der Waals surface area contributed by atoms with Gasteiger partial charge in [-0.3, -0.25) is 9.59 Å². The molecule has 0 aromatic heterocycles. The van der Waals surface area contributed by atoms with Crippen LogP contribution in [0.5, 0.6) is 0 Å². The highest BCUT2D eigenvalue weighted by atomic mass is 16.4. The standard InChI is InChI=1S/C15H20N2O3/c16-13(15(19)20)10-6-7-11-17-14(18)12-8-4-2-1-3-5-9-12/h1-5,8-9,13H,6-7,10-11,16H2,(H,17,18)(H,19,20)/b2-1-,3-1?,4-2?,5-3-,8-4?,9-5?,12-8?,12-9?/t13-/m0/s1. The van der Waals surface area contributed by atoms with Crippen LogP contribution in [0.3, 0.4) is 0 Å². The van der Waals surface area contributed by atoms with Crippen molar-refractivity contribution >= 4 is 11.9 Å². The molecule has 1 aliphatic rings. The molecule has 108 valence electrons. The highest BCUT2D eigenvalue weighted by Gasteiger charge is 2.10. The molecule has 1 aliphatic carbocycles. The first-order valence-electron chi connectivity index (χ1n) is 6.59. The second kappa shape index (κ2) is 8.87. The number of hydrogen-bond acceptors (Lipinski definition) is 3. The average molecular weight is 276 g/mol. The van der Waals surface area contributed by atoms with Crippen molar-refractivity contribution in [3.63, 3.8) is 0 Å². The fraction of sp³-hybridized carbons (Fsp3) is 0.333. The zero-order valence-electron chi connectivity index (χ0n) is 11.3. The third-order valence-corrected chi connectivity index (χ3v) is 2.80. The number of hydrogen-bond donors (Lipinski definition) is 3. The van der Waals surface area contributed by atoms with E-state index in [0.29, 0.717) is 31.4 Å². The Morgan fingerprint density at radius 3 is 2.60 bits per heavy atom. The van der Waals surface area contributed by atoms with E-state index in [1.165, 1.54) is 0 Å². The van der Waals surface area contributed by atoms with E-state index in [0.717, 1.165) is 0 Å². The van der Waals surface area contributed by atoms with Crippen molar-refractivity contribution in [1.82, 2.24) is 5.32 Å². The summed E-state index contributed by atoms with van der Waals surface area (Å²) in [5.74, 6) is -1.12. The molecule has 0 radical (unpaired) electrons.